The molecule has 1 fully saturated rings. The topological polar surface area (TPSA) is 162 Å². The van der Waals surface area contributed by atoms with Gasteiger partial charge in [0.05, 0.1) is 24.8 Å². The van der Waals surface area contributed by atoms with Crippen molar-refractivity contribution in [1.82, 2.24) is 19.7 Å². The fraction of sp³-hybridized carbons (Fsp3) is 0.304. The van der Waals surface area contributed by atoms with E-state index in [0.29, 0.717) is 25.2 Å². The van der Waals surface area contributed by atoms with Crippen molar-refractivity contribution in [2.24, 2.45) is 11.1 Å². The molecule has 2 heterocycles. The molecule has 11 nitrogen and oxygen atoms in total. The van der Waals surface area contributed by atoms with Crippen molar-refractivity contribution in [2.45, 2.75) is 31.5 Å². The lowest BCUT2D eigenvalue weighted by Crippen LogP contribution is -2.24. The number of hydrogen-bond acceptors (Lipinski definition) is 9. The van der Waals surface area contributed by atoms with Gasteiger partial charge >= 0.3 is 10.3 Å². The van der Waals surface area contributed by atoms with Crippen LogP contribution in [0.3, 0.4) is 0 Å². The van der Waals surface area contributed by atoms with E-state index >= 15 is 0 Å². The lowest BCUT2D eigenvalue weighted by atomic mass is 10.1. The number of nitrogens with zero attached hydrogens (tertiary/aromatic N) is 4. The van der Waals surface area contributed by atoms with Gasteiger partial charge in [-0.15, -0.1) is 6.42 Å². The molecule has 0 aliphatic heterocycles. The molecule has 12 heteroatoms. The van der Waals surface area contributed by atoms with Gasteiger partial charge in [0.25, 0.3) is 0 Å². The number of nitrogens with one attached hydrogen (secondary N) is 1. The zero-order valence-corrected chi connectivity index (χ0v) is 19.4. The molecule has 182 valence electrons. The number of aliphatic hydroxyl groups excluding tert-OH is 1. The standard InChI is InChI=1S/C23H24N6O5S/c1-2-15-4-3-5-16(8-15)12-29-7-6-20(28-29)22(31)19-11-25-14-26-23(19)27-18-9-17(21(30)10-18)13-34-35(24,32)33/h1,3-8,11,14,17-18,21,30H,9-10,12-13H2,(H2,24,32,33)(H,25,26,27)/t17-,18-,21+/m1/s1. The van der Waals surface area contributed by atoms with Crippen LogP contribution in [-0.2, 0) is 21.0 Å². The molecule has 3 atom stereocenters. The van der Waals surface area contributed by atoms with E-state index in [0.717, 1.165) is 11.1 Å². The van der Waals surface area contributed by atoms with Crippen molar-refractivity contribution < 1.29 is 22.5 Å². The first-order valence-corrected chi connectivity index (χ1v) is 12.2. The van der Waals surface area contributed by atoms with Crippen molar-refractivity contribution in [1.29, 1.82) is 0 Å². The van der Waals surface area contributed by atoms with Gasteiger partial charge in [0.15, 0.2) is 0 Å². The Balaban J connectivity index is 1.45. The Bertz CT molecular complexity index is 1370. The second kappa shape index (κ2) is 10.3. The number of aliphatic hydroxyl groups is 1. The Labute approximate surface area is 202 Å². The lowest BCUT2D eigenvalue weighted by Gasteiger charge is -2.15. The summed E-state index contributed by atoms with van der Waals surface area (Å²) in [5.74, 6) is 2.09. The van der Waals surface area contributed by atoms with Crippen molar-refractivity contribution in [3.63, 3.8) is 0 Å². The summed E-state index contributed by atoms with van der Waals surface area (Å²) in [6.45, 7) is 0.219. The van der Waals surface area contributed by atoms with Crippen LogP contribution in [0.15, 0.2) is 49.1 Å². The van der Waals surface area contributed by atoms with Crippen LogP contribution in [0.2, 0.25) is 0 Å². The zero-order chi connectivity index (χ0) is 25.0. The van der Waals surface area contributed by atoms with Crippen molar-refractivity contribution >= 4 is 21.9 Å². The van der Waals surface area contributed by atoms with E-state index in [-0.39, 0.29) is 29.7 Å². The first kappa shape index (κ1) is 24.5. The Morgan fingerprint density at radius 2 is 2.17 bits per heavy atom. The van der Waals surface area contributed by atoms with Gasteiger partial charge < -0.3 is 10.4 Å². The zero-order valence-electron chi connectivity index (χ0n) is 18.6. The van der Waals surface area contributed by atoms with E-state index in [4.69, 9.17) is 11.6 Å². The predicted molar refractivity (Wildman–Crippen MR) is 126 cm³/mol. The summed E-state index contributed by atoms with van der Waals surface area (Å²) in [4.78, 5) is 21.3. The average molecular weight is 497 g/mol. The van der Waals surface area contributed by atoms with Crippen molar-refractivity contribution in [3.05, 3.63) is 71.4 Å². The highest BCUT2D eigenvalue weighted by Crippen LogP contribution is 2.30. The molecule has 0 bridgehead atoms. The molecule has 0 radical (unpaired) electrons. The Hall–Kier alpha value is -3.63. The Kier molecular flexibility index (Phi) is 7.23. The third-order valence-electron chi connectivity index (χ3n) is 5.71. The monoisotopic (exact) mass is 496 g/mol. The number of nitrogens with two attached hydrogens (primary N) is 1. The van der Waals surface area contributed by atoms with E-state index in [1.54, 1.807) is 16.9 Å². The second-order valence-corrected chi connectivity index (χ2v) is 9.50. The molecular formula is C23H24N6O5S. The molecule has 35 heavy (non-hydrogen) atoms. The van der Waals surface area contributed by atoms with Crippen LogP contribution in [0.4, 0.5) is 5.82 Å². The van der Waals surface area contributed by atoms with Crippen molar-refractivity contribution in [3.8, 4) is 12.3 Å². The minimum Gasteiger partial charge on any atom is -0.393 e. The maximum absolute atomic E-state index is 13.2. The molecule has 2 aromatic heterocycles. The highest BCUT2D eigenvalue weighted by molar-refractivity contribution is 7.84. The molecule has 1 saturated carbocycles. The number of aromatic nitrogens is 4. The highest BCUT2D eigenvalue weighted by Gasteiger charge is 2.34. The van der Waals surface area contributed by atoms with E-state index in [2.05, 4.69) is 30.5 Å². The molecule has 4 rings (SSSR count). The molecular weight excluding hydrogens is 472 g/mol. The van der Waals surface area contributed by atoms with Gasteiger partial charge in [-0.25, -0.2) is 15.1 Å². The summed E-state index contributed by atoms with van der Waals surface area (Å²) in [5, 5.41) is 22.7. The third kappa shape index (κ3) is 6.28. The summed E-state index contributed by atoms with van der Waals surface area (Å²) in [6.07, 6.45) is 9.80. The minimum atomic E-state index is -4.10. The molecule has 1 aliphatic rings. The lowest BCUT2D eigenvalue weighted by molar-refractivity contribution is 0.101. The number of ketones is 1. The Morgan fingerprint density at radius 1 is 1.34 bits per heavy atom. The van der Waals surface area contributed by atoms with Gasteiger partial charge in [-0.2, -0.15) is 13.5 Å². The van der Waals surface area contributed by atoms with Crippen molar-refractivity contribution in [2.75, 3.05) is 11.9 Å². The normalized spacial score (nSPS) is 19.9. The quantitative estimate of drug-likeness (QED) is 0.286. The number of benzene rings is 1. The molecule has 0 spiro atoms. The van der Waals surface area contributed by atoms with Gasteiger partial charge in [0.1, 0.15) is 17.8 Å². The molecule has 3 aromatic rings. The van der Waals surface area contributed by atoms with Gasteiger partial charge in [-0.05, 0) is 36.6 Å². The molecule has 4 N–H and O–H groups in total. The molecule has 0 unspecified atom stereocenters. The molecule has 1 aliphatic carbocycles. The van der Waals surface area contributed by atoms with Crippen LogP contribution in [0.1, 0.15) is 40.0 Å². The van der Waals surface area contributed by atoms with Crippen LogP contribution in [0.5, 0.6) is 0 Å². The fourth-order valence-electron chi connectivity index (χ4n) is 4.04. The van der Waals surface area contributed by atoms with Crippen LogP contribution < -0.4 is 10.5 Å². The largest absolute Gasteiger partial charge is 0.393 e. The maximum atomic E-state index is 13.2. The summed E-state index contributed by atoms with van der Waals surface area (Å²) in [6, 6.07) is 8.86. The average Bonchev–Trinajstić information content (AvgIpc) is 3.43. The highest BCUT2D eigenvalue weighted by atomic mass is 32.2. The number of carbonyl (C=O) groups is 1. The minimum absolute atomic E-state index is 0.224. The molecule has 0 amide bonds. The fourth-order valence-corrected chi connectivity index (χ4v) is 4.41. The Morgan fingerprint density at radius 3 is 2.94 bits per heavy atom. The van der Waals surface area contributed by atoms with Gasteiger partial charge in [-0.1, -0.05) is 18.1 Å². The predicted octanol–water partition coefficient (Wildman–Crippen LogP) is 0.705. The van der Waals surface area contributed by atoms with Crippen LogP contribution in [-0.4, -0.2) is 57.8 Å². The first-order chi connectivity index (χ1) is 16.7. The van der Waals surface area contributed by atoms with Gasteiger partial charge in [-0.3, -0.25) is 13.7 Å². The van der Waals surface area contributed by atoms with E-state index < -0.39 is 22.3 Å². The van der Waals surface area contributed by atoms with E-state index in [1.807, 2.05) is 24.3 Å². The number of rotatable bonds is 9. The third-order valence-corrected chi connectivity index (χ3v) is 6.18. The number of carbonyl (C=O) groups excluding carboxylic acids is 1. The number of hydrogen-bond donors (Lipinski definition) is 3. The summed E-state index contributed by atoms with van der Waals surface area (Å²) in [7, 11) is -4.10. The van der Waals surface area contributed by atoms with E-state index in [1.165, 1.54) is 12.5 Å². The first-order valence-electron chi connectivity index (χ1n) is 10.8. The van der Waals surface area contributed by atoms with Gasteiger partial charge in [0, 0.05) is 29.9 Å². The summed E-state index contributed by atoms with van der Waals surface area (Å²) in [5.41, 5.74) is 2.17. The SMILES string of the molecule is C#Cc1cccc(Cn2ccc(C(=O)c3cncnc3N[C@@H]3C[C@H](COS(N)(=O)=O)[C@@H](O)C3)n2)c1. The maximum Gasteiger partial charge on any atom is 0.333 e. The summed E-state index contributed by atoms with van der Waals surface area (Å²) >= 11 is 0. The number of terminal acetylenes is 1. The van der Waals surface area contributed by atoms with Gasteiger partial charge in [0.2, 0.25) is 5.78 Å². The molecule has 0 saturated heterocycles. The molecule has 1 aromatic carbocycles. The second-order valence-electron chi connectivity index (χ2n) is 8.27. The van der Waals surface area contributed by atoms with Crippen LogP contribution in [0.25, 0.3) is 0 Å². The smallest absolute Gasteiger partial charge is 0.333 e. The van der Waals surface area contributed by atoms with E-state index in [9.17, 15) is 18.3 Å². The number of anilines is 1. The van der Waals surface area contributed by atoms with Crippen LogP contribution >= 0.6 is 0 Å². The van der Waals surface area contributed by atoms with Crippen LogP contribution in [0, 0.1) is 18.3 Å². The summed E-state index contributed by atoms with van der Waals surface area (Å²) < 4.78 is 28.3.